The van der Waals surface area contributed by atoms with Crippen molar-refractivity contribution in [1.29, 1.82) is 0 Å². The van der Waals surface area contributed by atoms with Crippen molar-refractivity contribution in [3.8, 4) is 17.1 Å². The second kappa shape index (κ2) is 7.58. The lowest BCUT2D eigenvalue weighted by Gasteiger charge is -2.29. The molecule has 7 heteroatoms. The molecule has 4 heterocycles. The molecule has 0 bridgehead atoms. The van der Waals surface area contributed by atoms with Crippen LogP contribution in [0.4, 0.5) is 0 Å². The predicted molar refractivity (Wildman–Crippen MR) is 113 cm³/mol. The Morgan fingerprint density at radius 3 is 3.14 bits per heavy atom. The zero-order valence-corrected chi connectivity index (χ0v) is 16.5. The molecular formula is C21H24N4O2S. The number of hydrogen-bond acceptors (Lipinski definition) is 5. The minimum Gasteiger partial charge on any atom is -0.494 e. The third-order valence-corrected chi connectivity index (χ3v) is 6.30. The standard InChI is InChI=1S/C21H24N4O2S/c26-15-3-1-7-25(13-15)8-2-9-27-16-4-5-17-14(11-16)12-19(22-17)20-21-18(23-24-20)6-10-28-21/h4-6,10-12,15,22,26H,1-3,7-9,13H2,(H,23,24). The number of fused-ring (bicyclic) bond motifs is 2. The van der Waals surface area contributed by atoms with E-state index in [0.717, 1.165) is 72.5 Å². The van der Waals surface area contributed by atoms with Gasteiger partial charge in [-0.2, -0.15) is 5.10 Å². The van der Waals surface area contributed by atoms with Crippen molar-refractivity contribution < 1.29 is 9.84 Å². The maximum absolute atomic E-state index is 9.75. The van der Waals surface area contributed by atoms with E-state index in [0.29, 0.717) is 6.61 Å². The van der Waals surface area contributed by atoms with E-state index in [2.05, 4.69) is 49.7 Å². The Morgan fingerprint density at radius 2 is 2.21 bits per heavy atom. The van der Waals surface area contributed by atoms with E-state index in [-0.39, 0.29) is 6.10 Å². The normalized spacial score (nSPS) is 18.2. The fourth-order valence-electron chi connectivity index (χ4n) is 3.97. The Hall–Kier alpha value is -2.35. The van der Waals surface area contributed by atoms with Crippen molar-refractivity contribution in [2.24, 2.45) is 0 Å². The summed E-state index contributed by atoms with van der Waals surface area (Å²) in [5.74, 6) is 0.889. The summed E-state index contributed by atoms with van der Waals surface area (Å²) >= 11 is 1.70. The zero-order valence-electron chi connectivity index (χ0n) is 15.6. The number of piperidine rings is 1. The van der Waals surface area contributed by atoms with E-state index in [1.165, 1.54) is 4.70 Å². The van der Waals surface area contributed by atoms with E-state index in [9.17, 15) is 5.11 Å². The highest BCUT2D eigenvalue weighted by Crippen LogP contribution is 2.32. The Balaban J connectivity index is 1.23. The van der Waals surface area contributed by atoms with Gasteiger partial charge in [-0.25, -0.2) is 0 Å². The van der Waals surface area contributed by atoms with Gasteiger partial charge in [-0.15, -0.1) is 11.3 Å². The zero-order chi connectivity index (χ0) is 18.9. The molecule has 3 N–H and O–H groups in total. The molecule has 1 fully saturated rings. The molecule has 0 saturated carbocycles. The van der Waals surface area contributed by atoms with Crippen LogP contribution in [-0.2, 0) is 0 Å². The Labute approximate surface area is 167 Å². The van der Waals surface area contributed by atoms with Crippen molar-refractivity contribution in [1.82, 2.24) is 20.1 Å². The van der Waals surface area contributed by atoms with E-state index in [1.807, 2.05) is 6.07 Å². The predicted octanol–water partition coefficient (Wildman–Crippen LogP) is 4.00. The second-order valence-corrected chi connectivity index (χ2v) is 8.38. The first kappa shape index (κ1) is 17.7. The lowest BCUT2D eigenvalue weighted by molar-refractivity contribution is 0.0679. The lowest BCUT2D eigenvalue weighted by Crippen LogP contribution is -2.39. The van der Waals surface area contributed by atoms with E-state index in [1.54, 1.807) is 11.3 Å². The number of aliphatic hydroxyl groups is 1. The summed E-state index contributed by atoms with van der Waals surface area (Å²) in [4.78, 5) is 5.79. The third kappa shape index (κ3) is 3.53. The summed E-state index contributed by atoms with van der Waals surface area (Å²) in [6.07, 6.45) is 2.82. The smallest absolute Gasteiger partial charge is 0.126 e. The minimum atomic E-state index is -0.162. The van der Waals surface area contributed by atoms with Crippen LogP contribution >= 0.6 is 11.3 Å². The average molecular weight is 397 g/mol. The molecule has 1 aliphatic heterocycles. The first-order valence-corrected chi connectivity index (χ1v) is 10.7. The maximum Gasteiger partial charge on any atom is 0.126 e. The largest absolute Gasteiger partial charge is 0.494 e. The van der Waals surface area contributed by atoms with E-state index in [4.69, 9.17) is 4.74 Å². The van der Waals surface area contributed by atoms with Crippen LogP contribution in [0, 0.1) is 0 Å². The van der Waals surface area contributed by atoms with Crippen LogP contribution in [0.5, 0.6) is 5.75 Å². The van der Waals surface area contributed by atoms with E-state index < -0.39 is 0 Å². The number of aromatic nitrogens is 3. The highest BCUT2D eigenvalue weighted by atomic mass is 32.1. The average Bonchev–Trinajstić information content (AvgIpc) is 3.39. The second-order valence-electron chi connectivity index (χ2n) is 7.47. The molecule has 0 radical (unpaired) electrons. The number of aromatic amines is 2. The SMILES string of the molecule is OC1CCCN(CCCOc2ccc3[nH]c(-c4n[nH]c5ccsc45)cc3c2)C1. The van der Waals surface area contributed by atoms with E-state index >= 15 is 0 Å². The van der Waals surface area contributed by atoms with Gasteiger partial charge in [0, 0.05) is 24.0 Å². The van der Waals surface area contributed by atoms with Crippen LogP contribution in [0.25, 0.3) is 32.5 Å². The van der Waals surface area contributed by atoms with Crippen molar-refractivity contribution in [2.45, 2.75) is 25.4 Å². The van der Waals surface area contributed by atoms with Gasteiger partial charge in [0.2, 0.25) is 0 Å². The molecule has 6 nitrogen and oxygen atoms in total. The van der Waals surface area contributed by atoms with Gasteiger partial charge in [0.1, 0.15) is 11.4 Å². The van der Waals surface area contributed by atoms with Crippen LogP contribution in [0.1, 0.15) is 19.3 Å². The molecule has 1 aromatic carbocycles. The van der Waals surface area contributed by atoms with Gasteiger partial charge in [-0.1, -0.05) is 0 Å². The molecule has 1 atom stereocenters. The molecular weight excluding hydrogens is 372 g/mol. The molecule has 0 spiro atoms. The first-order chi connectivity index (χ1) is 13.8. The Kier molecular flexibility index (Phi) is 4.80. The highest BCUT2D eigenvalue weighted by Gasteiger charge is 2.17. The number of nitrogens with zero attached hydrogens (tertiary/aromatic N) is 2. The third-order valence-electron chi connectivity index (χ3n) is 5.38. The Morgan fingerprint density at radius 1 is 1.25 bits per heavy atom. The highest BCUT2D eigenvalue weighted by molar-refractivity contribution is 7.17. The van der Waals surface area contributed by atoms with Crippen LogP contribution < -0.4 is 4.74 Å². The monoisotopic (exact) mass is 396 g/mol. The summed E-state index contributed by atoms with van der Waals surface area (Å²) in [5, 5.41) is 20.5. The van der Waals surface area contributed by atoms with Crippen molar-refractivity contribution in [2.75, 3.05) is 26.2 Å². The number of aliphatic hydroxyl groups excluding tert-OH is 1. The quantitative estimate of drug-likeness (QED) is 0.431. The topological polar surface area (TPSA) is 77.2 Å². The van der Waals surface area contributed by atoms with Crippen molar-refractivity contribution in [3.05, 3.63) is 35.7 Å². The fourth-order valence-corrected chi connectivity index (χ4v) is 4.82. The number of nitrogens with one attached hydrogen (secondary N) is 2. The molecule has 4 aromatic rings. The first-order valence-electron chi connectivity index (χ1n) is 9.84. The van der Waals surface area contributed by atoms with Crippen molar-refractivity contribution in [3.63, 3.8) is 0 Å². The molecule has 1 saturated heterocycles. The molecule has 0 amide bonds. The van der Waals surface area contributed by atoms with Gasteiger partial charge in [0.05, 0.1) is 28.6 Å². The number of thiophene rings is 1. The maximum atomic E-state index is 9.75. The number of H-pyrrole nitrogens is 2. The molecule has 5 rings (SSSR count). The van der Waals surface area contributed by atoms with Crippen LogP contribution in [0.3, 0.4) is 0 Å². The molecule has 146 valence electrons. The number of likely N-dealkylation sites (tertiary alicyclic amines) is 1. The molecule has 3 aromatic heterocycles. The summed E-state index contributed by atoms with van der Waals surface area (Å²) < 4.78 is 7.14. The summed E-state index contributed by atoms with van der Waals surface area (Å²) in [6.45, 7) is 3.54. The minimum absolute atomic E-state index is 0.162. The lowest BCUT2D eigenvalue weighted by atomic mass is 10.1. The summed E-state index contributed by atoms with van der Waals surface area (Å²) in [6, 6.07) is 10.3. The summed E-state index contributed by atoms with van der Waals surface area (Å²) in [5.41, 5.74) is 4.14. The van der Waals surface area contributed by atoms with Crippen molar-refractivity contribution >= 4 is 32.5 Å². The van der Waals surface area contributed by atoms with Gasteiger partial charge >= 0.3 is 0 Å². The number of hydrogen-bond donors (Lipinski definition) is 3. The number of ether oxygens (including phenoxy) is 1. The van der Waals surface area contributed by atoms with Gasteiger partial charge in [0.15, 0.2) is 0 Å². The Bertz CT molecular complexity index is 1080. The summed E-state index contributed by atoms with van der Waals surface area (Å²) in [7, 11) is 0. The molecule has 0 aliphatic carbocycles. The molecule has 1 unspecified atom stereocenters. The van der Waals surface area contributed by atoms with Gasteiger partial charge < -0.3 is 19.7 Å². The molecule has 1 aliphatic rings. The van der Waals surface area contributed by atoms with Crippen LogP contribution in [-0.4, -0.2) is 57.5 Å². The number of benzene rings is 1. The fraction of sp³-hybridized carbons (Fsp3) is 0.381. The van der Waals surface area contributed by atoms with Crippen LogP contribution in [0.2, 0.25) is 0 Å². The van der Waals surface area contributed by atoms with Gasteiger partial charge in [0.25, 0.3) is 0 Å². The number of rotatable bonds is 6. The number of β-amino-alcohol motifs (C(OH)–C–C–N with tert-alkyl or cyclic N) is 1. The van der Waals surface area contributed by atoms with Crippen LogP contribution in [0.15, 0.2) is 35.7 Å². The molecule has 28 heavy (non-hydrogen) atoms. The van der Waals surface area contributed by atoms with Gasteiger partial charge in [-0.3, -0.25) is 5.10 Å². The van der Waals surface area contributed by atoms with Gasteiger partial charge in [-0.05, 0) is 61.5 Å².